The van der Waals surface area contributed by atoms with Gasteiger partial charge in [-0.05, 0) is 13.0 Å². The number of alkyl halides is 1. The van der Waals surface area contributed by atoms with Crippen LogP contribution >= 0.6 is 0 Å². The molecule has 8 heteroatoms. The van der Waals surface area contributed by atoms with Gasteiger partial charge in [0.15, 0.2) is 12.4 Å². The van der Waals surface area contributed by atoms with Crippen molar-refractivity contribution in [3.63, 3.8) is 0 Å². The Kier molecular flexibility index (Phi) is 3.83. The van der Waals surface area contributed by atoms with Crippen LogP contribution in [0.2, 0.25) is 0 Å². The number of hydrogen-bond acceptors (Lipinski definition) is 6. The Morgan fingerprint density at radius 3 is 2.95 bits per heavy atom. The number of rotatable bonds is 3. The fraction of sp³-hybridized carbons (Fsp3) is 0.636. The monoisotopic (exact) mass is 273 g/mol. The number of hydrogen-bond donors (Lipinski definition) is 2. The van der Waals surface area contributed by atoms with Gasteiger partial charge in [-0.3, -0.25) is 4.57 Å². The van der Waals surface area contributed by atoms with Gasteiger partial charge in [-0.15, -0.1) is 0 Å². The lowest BCUT2D eigenvalue weighted by molar-refractivity contribution is -0.0902. The number of aliphatic hydroxyl groups excluding tert-OH is 1. The van der Waals surface area contributed by atoms with E-state index in [1.54, 1.807) is 6.92 Å². The van der Waals surface area contributed by atoms with Crippen molar-refractivity contribution in [2.24, 2.45) is 0 Å². The van der Waals surface area contributed by atoms with Gasteiger partial charge in [0.25, 0.3) is 0 Å². The Hall–Kier alpha value is -1.51. The second-order valence-corrected chi connectivity index (χ2v) is 4.41. The molecule has 0 spiro atoms. The maximum absolute atomic E-state index is 14.0. The molecule has 1 aromatic rings. The van der Waals surface area contributed by atoms with E-state index in [0.29, 0.717) is 0 Å². The molecule has 19 heavy (non-hydrogen) atoms. The lowest BCUT2D eigenvalue weighted by Crippen LogP contribution is -2.36. The van der Waals surface area contributed by atoms with Crippen LogP contribution in [0.15, 0.2) is 17.1 Å². The third-order valence-corrected chi connectivity index (χ3v) is 3.19. The van der Waals surface area contributed by atoms with E-state index in [4.69, 9.17) is 15.2 Å². The molecule has 2 rings (SSSR count). The third-order valence-electron chi connectivity index (χ3n) is 3.19. The van der Waals surface area contributed by atoms with Gasteiger partial charge < -0.3 is 20.3 Å². The quantitative estimate of drug-likeness (QED) is 0.767. The first-order valence-electron chi connectivity index (χ1n) is 5.80. The van der Waals surface area contributed by atoms with Gasteiger partial charge in [0.05, 0.1) is 6.10 Å². The molecule has 1 fully saturated rings. The molecule has 5 atom stereocenters. The molecule has 0 amide bonds. The van der Waals surface area contributed by atoms with E-state index in [-0.39, 0.29) is 5.82 Å². The molecule has 0 radical (unpaired) electrons. The minimum absolute atomic E-state index is 0.0389. The van der Waals surface area contributed by atoms with Gasteiger partial charge in [-0.25, -0.2) is 9.18 Å². The number of nitrogens with two attached hydrogens (primary N) is 1. The largest absolute Gasteiger partial charge is 0.387 e. The number of ether oxygens (including phenoxy) is 2. The molecule has 0 saturated carbocycles. The number of aromatic nitrogens is 2. The van der Waals surface area contributed by atoms with Crippen LogP contribution in [0.4, 0.5) is 10.2 Å². The van der Waals surface area contributed by atoms with Gasteiger partial charge in [0.1, 0.15) is 18.0 Å². The second kappa shape index (κ2) is 5.24. The molecule has 1 aliphatic rings. The van der Waals surface area contributed by atoms with Gasteiger partial charge in [-0.1, -0.05) is 0 Å². The van der Waals surface area contributed by atoms with E-state index < -0.39 is 36.4 Å². The van der Waals surface area contributed by atoms with Crippen LogP contribution in [-0.4, -0.2) is 46.3 Å². The smallest absolute Gasteiger partial charge is 0.351 e. The Morgan fingerprint density at radius 1 is 1.68 bits per heavy atom. The molecule has 7 nitrogen and oxygen atoms in total. The van der Waals surface area contributed by atoms with Crippen molar-refractivity contribution >= 4 is 5.82 Å². The molecule has 1 aliphatic heterocycles. The summed E-state index contributed by atoms with van der Waals surface area (Å²) in [5.41, 5.74) is 4.63. The highest BCUT2D eigenvalue weighted by atomic mass is 19.1. The Bertz CT molecular complexity index is 509. The summed E-state index contributed by atoms with van der Waals surface area (Å²) in [5.74, 6) is 0.0389. The van der Waals surface area contributed by atoms with Crippen molar-refractivity contribution in [2.45, 2.75) is 37.6 Å². The van der Waals surface area contributed by atoms with Crippen LogP contribution in [0.5, 0.6) is 0 Å². The zero-order chi connectivity index (χ0) is 14.2. The zero-order valence-electron chi connectivity index (χ0n) is 10.6. The predicted molar refractivity (Wildman–Crippen MR) is 64.2 cm³/mol. The van der Waals surface area contributed by atoms with Crippen LogP contribution in [0.1, 0.15) is 13.2 Å². The summed E-state index contributed by atoms with van der Waals surface area (Å²) in [7, 11) is 1.43. The third kappa shape index (κ3) is 2.46. The number of nitrogen functional groups attached to an aromatic ring is 1. The minimum atomic E-state index is -1.74. The Labute approximate surface area is 108 Å². The van der Waals surface area contributed by atoms with Crippen molar-refractivity contribution in [3.8, 4) is 0 Å². The molecule has 1 unspecified atom stereocenters. The molecular formula is C11H16FN3O4. The van der Waals surface area contributed by atoms with Crippen molar-refractivity contribution in [2.75, 3.05) is 12.8 Å². The summed E-state index contributed by atoms with van der Waals surface area (Å²) in [4.78, 5) is 15.1. The molecule has 0 bridgehead atoms. The van der Waals surface area contributed by atoms with E-state index in [1.165, 1.54) is 19.4 Å². The summed E-state index contributed by atoms with van der Waals surface area (Å²) >= 11 is 0. The van der Waals surface area contributed by atoms with Crippen LogP contribution in [-0.2, 0) is 9.47 Å². The Morgan fingerprint density at radius 2 is 2.37 bits per heavy atom. The van der Waals surface area contributed by atoms with Crippen LogP contribution in [0.3, 0.4) is 0 Å². The summed E-state index contributed by atoms with van der Waals surface area (Å²) in [6.07, 6.45) is -4.42. The normalized spacial score (nSPS) is 32.4. The van der Waals surface area contributed by atoms with E-state index in [9.17, 15) is 14.3 Å². The SMILES string of the molecule is COC(C)[C@H]1O[C@@H](n2ccc(N)nc2=O)[C@H](F)[C@@H]1O. The molecule has 2 heterocycles. The first kappa shape index (κ1) is 13.9. The van der Waals surface area contributed by atoms with Gasteiger partial charge in [-0.2, -0.15) is 4.98 Å². The lowest BCUT2D eigenvalue weighted by Gasteiger charge is -2.20. The first-order valence-corrected chi connectivity index (χ1v) is 5.80. The predicted octanol–water partition coefficient (Wildman–Crippen LogP) is -0.543. The highest BCUT2D eigenvalue weighted by molar-refractivity contribution is 5.23. The van der Waals surface area contributed by atoms with E-state index in [0.717, 1.165) is 4.57 Å². The van der Waals surface area contributed by atoms with E-state index >= 15 is 0 Å². The van der Waals surface area contributed by atoms with E-state index in [2.05, 4.69) is 4.98 Å². The Balaban J connectivity index is 2.29. The minimum Gasteiger partial charge on any atom is -0.387 e. The van der Waals surface area contributed by atoms with Crippen molar-refractivity contribution < 1.29 is 19.0 Å². The van der Waals surface area contributed by atoms with Crippen molar-refractivity contribution in [3.05, 3.63) is 22.7 Å². The van der Waals surface area contributed by atoms with Crippen molar-refractivity contribution in [1.82, 2.24) is 9.55 Å². The zero-order valence-corrected chi connectivity index (χ0v) is 10.6. The van der Waals surface area contributed by atoms with Gasteiger partial charge >= 0.3 is 5.69 Å². The number of anilines is 1. The fourth-order valence-electron chi connectivity index (χ4n) is 2.03. The summed E-state index contributed by atoms with van der Waals surface area (Å²) in [5, 5.41) is 9.80. The lowest BCUT2D eigenvalue weighted by atomic mass is 10.1. The summed E-state index contributed by atoms with van der Waals surface area (Å²) < 4.78 is 25.4. The molecule has 1 aromatic heterocycles. The summed E-state index contributed by atoms with van der Waals surface area (Å²) in [6.45, 7) is 1.65. The average Bonchev–Trinajstić information content (AvgIpc) is 2.66. The molecule has 0 aromatic carbocycles. The number of halogens is 1. The highest BCUT2D eigenvalue weighted by Crippen LogP contribution is 2.33. The molecule has 106 valence electrons. The van der Waals surface area contributed by atoms with Crippen LogP contribution < -0.4 is 11.4 Å². The molecule has 3 N–H and O–H groups in total. The number of methoxy groups -OCH3 is 1. The van der Waals surface area contributed by atoms with Crippen LogP contribution in [0.25, 0.3) is 0 Å². The first-order chi connectivity index (χ1) is 8.95. The second-order valence-electron chi connectivity index (χ2n) is 4.41. The maximum Gasteiger partial charge on any atom is 0.351 e. The fourth-order valence-corrected chi connectivity index (χ4v) is 2.03. The highest BCUT2D eigenvalue weighted by Gasteiger charge is 2.47. The summed E-state index contributed by atoms with van der Waals surface area (Å²) in [6, 6.07) is 1.36. The van der Waals surface area contributed by atoms with Gasteiger partial charge in [0, 0.05) is 13.3 Å². The van der Waals surface area contributed by atoms with E-state index in [1.807, 2.05) is 0 Å². The number of aliphatic hydroxyl groups is 1. The standard InChI is InChI=1S/C11H16FN3O4/c1-5(18-2)9-8(16)7(12)10(19-9)15-4-3-6(13)14-11(15)17/h3-5,7-10,16H,1-2H3,(H2,13,14,17)/t5?,7-,8+,9-,10-/m1/s1. The van der Waals surface area contributed by atoms with Crippen LogP contribution in [0, 0.1) is 0 Å². The molecule has 1 saturated heterocycles. The maximum atomic E-state index is 14.0. The molecular weight excluding hydrogens is 257 g/mol. The topological polar surface area (TPSA) is 99.6 Å². The average molecular weight is 273 g/mol. The number of nitrogens with zero attached hydrogens (tertiary/aromatic N) is 2. The van der Waals surface area contributed by atoms with Gasteiger partial charge in [0.2, 0.25) is 0 Å². The van der Waals surface area contributed by atoms with Crippen molar-refractivity contribution in [1.29, 1.82) is 0 Å². The molecule has 0 aliphatic carbocycles.